The first-order valence-corrected chi connectivity index (χ1v) is 6.52. The van der Waals surface area contributed by atoms with E-state index in [9.17, 15) is 14.0 Å². The Hall–Kier alpha value is -2.69. The highest BCUT2D eigenvalue weighted by Gasteiger charge is 2.16. The maximum atomic E-state index is 13.1. The molecule has 0 fully saturated rings. The van der Waals surface area contributed by atoms with Gasteiger partial charge in [-0.3, -0.25) is 4.79 Å². The number of hydrogen-bond acceptors (Lipinski definition) is 3. The van der Waals surface area contributed by atoms with Crippen LogP contribution in [-0.2, 0) is 11.2 Å². The van der Waals surface area contributed by atoms with Gasteiger partial charge in [0.05, 0.1) is 5.56 Å². The quantitative estimate of drug-likeness (QED) is 0.682. The molecule has 0 saturated heterocycles. The summed E-state index contributed by atoms with van der Waals surface area (Å²) in [7, 11) is 0. The number of carbonyl (C=O) groups excluding carboxylic acids is 2. The number of hydrogen-bond donors (Lipinski definition) is 1. The van der Waals surface area contributed by atoms with Crippen molar-refractivity contribution in [1.82, 2.24) is 0 Å². The highest BCUT2D eigenvalue weighted by molar-refractivity contribution is 5.94. The van der Waals surface area contributed by atoms with Gasteiger partial charge in [-0.2, -0.15) is 0 Å². The first-order valence-electron chi connectivity index (χ1n) is 6.52. The predicted octanol–water partition coefficient (Wildman–Crippen LogP) is 2.93. The number of fused-ring (bicyclic) bond motifs is 1. The molecule has 0 atom stereocenters. The van der Waals surface area contributed by atoms with Crippen LogP contribution in [0.25, 0.3) is 0 Å². The van der Waals surface area contributed by atoms with Gasteiger partial charge >= 0.3 is 5.97 Å². The Labute approximate surface area is 120 Å². The lowest BCUT2D eigenvalue weighted by molar-refractivity contribution is -0.116. The molecule has 1 amide bonds. The third-order valence-corrected chi connectivity index (χ3v) is 3.24. The summed E-state index contributed by atoms with van der Waals surface area (Å²) >= 11 is 0. The van der Waals surface area contributed by atoms with Gasteiger partial charge in [-0.15, -0.1) is 0 Å². The monoisotopic (exact) mass is 285 g/mol. The lowest BCUT2D eigenvalue weighted by atomic mass is 10.0. The fourth-order valence-electron chi connectivity index (χ4n) is 2.20. The lowest BCUT2D eigenvalue weighted by Crippen LogP contribution is -2.19. The molecule has 21 heavy (non-hydrogen) atoms. The molecule has 0 radical (unpaired) electrons. The van der Waals surface area contributed by atoms with Crippen molar-refractivity contribution in [1.29, 1.82) is 0 Å². The molecule has 0 aromatic heterocycles. The van der Waals surface area contributed by atoms with E-state index < -0.39 is 11.8 Å². The normalized spacial score (nSPS) is 13.3. The minimum Gasteiger partial charge on any atom is -0.423 e. The average Bonchev–Trinajstić information content (AvgIpc) is 2.47. The summed E-state index contributed by atoms with van der Waals surface area (Å²) in [6.45, 7) is 0. The second-order valence-electron chi connectivity index (χ2n) is 4.77. The molecule has 1 aliphatic rings. The van der Waals surface area contributed by atoms with Crippen LogP contribution in [0.2, 0.25) is 0 Å². The molecule has 0 spiro atoms. The second kappa shape index (κ2) is 5.36. The zero-order valence-corrected chi connectivity index (χ0v) is 11.1. The van der Waals surface area contributed by atoms with Crippen LogP contribution in [0, 0.1) is 5.82 Å². The van der Waals surface area contributed by atoms with Crippen molar-refractivity contribution < 1.29 is 18.7 Å². The number of nitrogens with one attached hydrogen (secondary N) is 1. The van der Waals surface area contributed by atoms with Crippen molar-refractivity contribution in [2.45, 2.75) is 12.8 Å². The molecule has 3 rings (SSSR count). The number of carbonyl (C=O) groups is 2. The Morgan fingerprint density at radius 2 is 2.00 bits per heavy atom. The number of amides is 1. The van der Waals surface area contributed by atoms with Gasteiger partial charge in [0, 0.05) is 12.1 Å². The average molecular weight is 285 g/mol. The topological polar surface area (TPSA) is 55.4 Å². The number of anilines is 1. The van der Waals surface area contributed by atoms with Crippen LogP contribution in [0.4, 0.5) is 10.1 Å². The van der Waals surface area contributed by atoms with Crippen molar-refractivity contribution in [3.05, 3.63) is 59.4 Å². The molecule has 1 heterocycles. The van der Waals surface area contributed by atoms with Crippen LogP contribution >= 0.6 is 0 Å². The van der Waals surface area contributed by atoms with Crippen LogP contribution in [0.3, 0.4) is 0 Å². The molecule has 1 N–H and O–H groups in total. The van der Waals surface area contributed by atoms with Crippen LogP contribution in [0.5, 0.6) is 5.75 Å². The Morgan fingerprint density at radius 3 is 2.81 bits per heavy atom. The second-order valence-corrected chi connectivity index (χ2v) is 4.77. The van der Waals surface area contributed by atoms with E-state index in [1.165, 1.54) is 18.2 Å². The van der Waals surface area contributed by atoms with E-state index in [0.717, 1.165) is 17.3 Å². The molecule has 0 aliphatic carbocycles. The lowest BCUT2D eigenvalue weighted by Gasteiger charge is -2.17. The highest BCUT2D eigenvalue weighted by Crippen LogP contribution is 2.27. The zero-order valence-electron chi connectivity index (χ0n) is 11.1. The van der Waals surface area contributed by atoms with Gasteiger partial charge < -0.3 is 10.1 Å². The van der Waals surface area contributed by atoms with Crippen LogP contribution in [0.1, 0.15) is 22.3 Å². The summed E-state index contributed by atoms with van der Waals surface area (Å²) in [6.07, 6.45) is 1.01. The van der Waals surface area contributed by atoms with Gasteiger partial charge in [-0.25, -0.2) is 9.18 Å². The molecule has 2 aromatic carbocycles. The summed E-state index contributed by atoms with van der Waals surface area (Å²) < 4.78 is 18.3. The number of benzene rings is 2. The Balaban J connectivity index is 1.79. The SMILES string of the molecule is O=C1CCc2cc(OC(=O)c3cccc(F)c3)ccc2N1. The van der Waals surface area contributed by atoms with Crippen LogP contribution in [0.15, 0.2) is 42.5 Å². The fourth-order valence-corrected chi connectivity index (χ4v) is 2.20. The minimum atomic E-state index is -0.616. The molecule has 5 heteroatoms. The van der Waals surface area contributed by atoms with E-state index in [-0.39, 0.29) is 11.5 Å². The van der Waals surface area contributed by atoms with Crippen molar-refractivity contribution in [3.63, 3.8) is 0 Å². The first kappa shape index (κ1) is 13.3. The number of rotatable bonds is 2. The number of esters is 1. The van der Waals surface area contributed by atoms with E-state index >= 15 is 0 Å². The standard InChI is InChI=1S/C16H12FNO3/c17-12-3-1-2-11(8-12)16(20)21-13-5-6-14-10(9-13)4-7-15(19)18-14/h1-3,5-6,8-9H,4,7H2,(H,18,19). The zero-order chi connectivity index (χ0) is 14.8. The largest absolute Gasteiger partial charge is 0.423 e. The van der Waals surface area contributed by atoms with E-state index in [1.807, 2.05) is 0 Å². The molecule has 1 aliphatic heterocycles. The molecule has 2 aromatic rings. The third-order valence-electron chi connectivity index (χ3n) is 3.24. The molecule has 0 saturated carbocycles. The molecule has 106 valence electrons. The first-order chi connectivity index (χ1) is 10.1. The highest BCUT2D eigenvalue weighted by atomic mass is 19.1. The summed E-state index contributed by atoms with van der Waals surface area (Å²) in [6, 6.07) is 10.3. The number of halogens is 1. The van der Waals surface area contributed by atoms with E-state index in [1.54, 1.807) is 18.2 Å². The smallest absolute Gasteiger partial charge is 0.343 e. The Kier molecular flexibility index (Phi) is 3.39. The van der Waals surface area contributed by atoms with Gasteiger partial charge in [0.2, 0.25) is 5.91 Å². The Bertz CT molecular complexity index is 727. The van der Waals surface area contributed by atoms with Crippen molar-refractivity contribution >= 4 is 17.6 Å². The molecule has 0 unspecified atom stereocenters. The van der Waals surface area contributed by atoms with Crippen molar-refractivity contribution in [3.8, 4) is 5.75 Å². The van der Waals surface area contributed by atoms with E-state index in [0.29, 0.717) is 18.6 Å². The van der Waals surface area contributed by atoms with Gasteiger partial charge in [0.1, 0.15) is 11.6 Å². The van der Waals surface area contributed by atoms with Gasteiger partial charge in [0.15, 0.2) is 0 Å². The van der Waals surface area contributed by atoms with Crippen LogP contribution in [-0.4, -0.2) is 11.9 Å². The maximum absolute atomic E-state index is 13.1. The predicted molar refractivity (Wildman–Crippen MR) is 74.8 cm³/mol. The Morgan fingerprint density at radius 1 is 1.14 bits per heavy atom. The summed E-state index contributed by atoms with van der Waals surface area (Å²) in [4.78, 5) is 23.2. The number of aryl methyl sites for hydroxylation is 1. The van der Waals surface area contributed by atoms with E-state index in [4.69, 9.17) is 4.74 Å². The minimum absolute atomic E-state index is 0.0213. The van der Waals surface area contributed by atoms with Gasteiger partial charge in [-0.1, -0.05) is 6.07 Å². The fraction of sp³-hybridized carbons (Fsp3) is 0.125. The van der Waals surface area contributed by atoms with Crippen molar-refractivity contribution in [2.24, 2.45) is 0 Å². The summed E-state index contributed by atoms with van der Waals surface area (Å²) in [5.41, 5.74) is 1.80. The van der Waals surface area contributed by atoms with Gasteiger partial charge in [-0.05, 0) is 48.4 Å². The summed E-state index contributed by atoms with van der Waals surface area (Å²) in [5.74, 6) is -0.752. The number of ether oxygens (including phenoxy) is 1. The molecular weight excluding hydrogens is 273 g/mol. The molecular formula is C16H12FNO3. The van der Waals surface area contributed by atoms with Crippen LogP contribution < -0.4 is 10.1 Å². The molecule has 4 nitrogen and oxygen atoms in total. The third kappa shape index (κ3) is 2.91. The van der Waals surface area contributed by atoms with E-state index in [2.05, 4.69) is 5.32 Å². The molecule has 0 bridgehead atoms. The van der Waals surface area contributed by atoms with Crippen molar-refractivity contribution in [2.75, 3.05) is 5.32 Å². The van der Waals surface area contributed by atoms with Gasteiger partial charge in [0.25, 0.3) is 0 Å². The summed E-state index contributed by atoms with van der Waals surface area (Å²) in [5, 5.41) is 2.75. The maximum Gasteiger partial charge on any atom is 0.343 e.